The van der Waals surface area contributed by atoms with Crippen molar-refractivity contribution < 1.29 is 13.5 Å². The van der Waals surface area contributed by atoms with Gasteiger partial charge in [0.1, 0.15) is 4.90 Å². The minimum absolute atomic E-state index is 0.0978. The standard InChI is InChI=1S/C7H7Cl2NO3S/c8-5-1-4(3-11)7(9)6(2-5)14(10,12)13/h1-2,11H,3H2,(H2,10,12,13). The van der Waals surface area contributed by atoms with Crippen molar-refractivity contribution in [1.82, 2.24) is 0 Å². The molecule has 0 bridgehead atoms. The van der Waals surface area contributed by atoms with Gasteiger partial charge < -0.3 is 5.11 Å². The molecule has 78 valence electrons. The van der Waals surface area contributed by atoms with Gasteiger partial charge in [0.15, 0.2) is 0 Å². The van der Waals surface area contributed by atoms with Gasteiger partial charge in [-0.1, -0.05) is 23.2 Å². The minimum Gasteiger partial charge on any atom is -0.392 e. The highest BCUT2D eigenvalue weighted by Crippen LogP contribution is 2.28. The van der Waals surface area contributed by atoms with E-state index in [0.717, 1.165) is 6.07 Å². The van der Waals surface area contributed by atoms with E-state index in [1.165, 1.54) is 6.07 Å². The Morgan fingerprint density at radius 3 is 2.36 bits per heavy atom. The first kappa shape index (κ1) is 11.7. The predicted molar refractivity (Wildman–Crippen MR) is 53.8 cm³/mol. The normalized spacial score (nSPS) is 11.7. The molecule has 0 saturated heterocycles. The molecule has 0 unspecified atom stereocenters. The maximum atomic E-state index is 11.0. The molecule has 0 amide bonds. The van der Waals surface area contributed by atoms with Gasteiger partial charge in [0.05, 0.1) is 11.6 Å². The molecule has 0 aromatic heterocycles. The fourth-order valence-electron chi connectivity index (χ4n) is 0.940. The highest BCUT2D eigenvalue weighted by Gasteiger charge is 2.16. The minimum atomic E-state index is -3.92. The molecule has 1 rings (SSSR count). The van der Waals surface area contributed by atoms with Crippen molar-refractivity contribution >= 4 is 33.2 Å². The van der Waals surface area contributed by atoms with Crippen LogP contribution in [0.1, 0.15) is 5.56 Å². The molecule has 0 aliphatic rings. The third-order valence-electron chi connectivity index (χ3n) is 1.56. The van der Waals surface area contributed by atoms with Crippen LogP contribution in [0, 0.1) is 0 Å². The Morgan fingerprint density at radius 2 is 1.93 bits per heavy atom. The lowest BCUT2D eigenvalue weighted by Crippen LogP contribution is -2.13. The van der Waals surface area contributed by atoms with Crippen molar-refractivity contribution in [3.8, 4) is 0 Å². The molecule has 0 heterocycles. The fraction of sp³-hybridized carbons (Fsp3) is 0.143. The van der Waals surface area contributed by atoms with Gasteiger partial charge in [-0.3, -0.25) is 0 Å². The number of benzene rings is 1. The number of aliphatic hydroxyl groups is 1. The Hall–Kier alpha value is -0.330. The number of primary sulfonamides is 1. The quantitative estimate of drug-likeness (QED) is 0.832. The lowest BCUT2D eigenvalue weighted by molar-refractivity contribution is 0.281. The molecule has 14 heavy (non-hydrogen) atoms. The van der Waals surface area contributed by atoms with Crippen molar-refractivity contribution in [1.29, 1.82) is 0 Å². The smallest absolute Gasteiger partial charge is 0.239 e. The summed E-state index contributed by atoms with van der Waals surface area (Å²) >= 11 is 11.3. The molecule has 1 aromatic rings. The summed E-state index contributed by atoms with van der Waals surface area (Å²) in [6.45, 7) is -0.401. The summed E-state index contributed by atoms with van der Waals surface area (Å²) in [7, 11) is -3.92. The second-order valence-electron chi connectivity index (χ2n) is 2.58. The molecule has 0 aliphatic heterocycles. The average Bonchev–Trinajstić information content (AvgIpc) is 2.06. The van der Waals surface area contributed by atoms with E-state index in [2.05, 4.69) is 0 Å². The number of nitrogens with two attached hydrogens (primary N) is 1. The number of hydrogen-bond acceptors (Lipinski definition) is 3. The number of halogens is 2. The van der Waals surface area contributed by atoms with Crippen LogP contribution in [0.5, 0.6) is 0 Å². The molecule has 0 fully saturated rings. The second kappa shape index (κ2) is 4.04. The Labute approximate surface area is 91.3 Å². The van der Waals surface area contributed by atoms with Gasteiger partial charge in [-0.15, -0.1) is 0 Å². The maximum Gasteiger partial charge on any atom is 0.239 e. The van der Waals surface area contributed by atoms with Crippen LogP contribution in [-0.4, -0.2) is 13.5 Å². The van der Waals surface area contributed by atoms with Crippen LogP contribution in [-0.2, 0) is 16.6 Å². The predicted octanol–water partition coefficient (Wildman–Crippen LogP) is 1.13. The summed E-state index contributed by atoms with van der Waals surface area (Å²) in [5, 5.41) is 13.8. The van der Waals surface area contributed by atoms with Crippen LogP contribution in [0.25, 0.3) is 0 Å². The molecule has 0 aliphatic carbocycles. The summed E-state index contributed by atoms with van der Waals surface area (Å²) in [5.74, 6) is 0. The van der Waals surface area contributed by atoms with E-state index in [-0.39, 0.29) is 20.5 Å². The van der Waals surface area contributed by atoms with E-state index in [9.17, 15) is 8.42 Å². The average molecular weight is 256 g/mol. The number of hydrogen-bond donors (Lipinski definition) is 2. The zero-order chi connectivity index (χ0) is 10.9. The topological polar surface area (TPSA) is 80.4 Å². The molecule has 4 nitrogen and oxygen atoms in total. The maximum absolute atomic E-state index is 11.0. The molecule has 0 saturated carbocycles. The van der Waals surface area contributed by atoms with Crippen LogP contribution < -0.4 is 5.14 Å². The van der Waals surface area contributed by atoms with Crippen molar-refractivity contribution in [2.45, 2.75) is 11.5 Å². The Balaban J connectivity index is 3.53. The zero-order valence-electron chi connectivity index (χ0n) is 6.87. The van der Waals surface area contributed by atoms with Gasteiger partial charge in [0.25, 0.3) is 0 Å². The molecular weight excluding hydrogens is 249 g/mol. The van der Waals surface area contributed by atoms with Gasteiger partial charge in [-0.05, 0) is 17.7 Å². The van der Waals surface area contributed by atoms with E-state index >= 15 is 0 Å². The first-order chi connectivity index (χ1) is 6.36. The van der Waals surface area contributed by atoms with Crippen molar-refractivity contribution in [3.63, 3.8) is 0 Å². The molecule has 0 spiro atoms. The van der Waals surface area contributed by atoms with Crippen LogP contribution in [0.3, 0.4) is 0 Å². The molecule has 7 heteroatoms. The van der Waals surface area contributed by atoms with Crippen LogP contribution in [0.2, 0.25) is 10.0 Å². The summed E-state index contributed by atoms with van der Waals surface area (Å²) < 4.78 is 22.1. The van der Waals surface area contributed by atoms with E-state index in [1.807, 2.05) is 0 Å². The number of aliphatic hydroxyl groups excluding tert-OH is 1. The highest BCUT2D eigenvalue weighted by molar-refractivity contribution is 7.89. The van der Waals surface area contributed by atoms with E-state index in [0.29, 0.717) is 0 Å². The van der Waals surface area contributed by atoms with Gasteiger partial charge >= 0.3 is 0 Å². The Kier molecular flexibility index (Phi) is 3.39. The molecule has 1 aromatic carbocycles. The molecule has 0 radical (unpaired) electrons. The van der Waals surface area contributed by atoms with Crippen molar-refractivity contribution in [2.24, 2.45) is 5.14 Å². The largest absolute Gasteiger partial charge is 0.392 e. The summed E-state index contributed by atoms with van der Waals surface area (Å²) in [6.07, 6.45) is 0. The Bertz CT molecular complexity index is 458. The van der Waals surface area contributed by atoms with Gasteiger partial charge in [-0.2, -0.15) is 0 Å². The van der Waals surface area contributed by atoms with E-state index < -0.39 is 16.6 Å². The molecular formula is C7H7Cl2NO3S. The van der Waals surface area contributed by atoms with E-state index in [4.69, 9.17) is 33.4 Å². The highest BCUT2D eigenvalue weighted by atomic mass is 35.5. The monoisotopic (exact) mass is 255 g/mol. The lowest BCUT2D eigenvalue weighted by atomic mass is 10.2. The fourth-order valence-corrected chi connectivity index (χ4v) is 2.41. The Morgan fingerprint density at radius 1 is 1.36 bits per heavy atom. The summed E-state index contributed by atoms with van der Waals surface area (Å²) in [6, 6.07) is 2.51. The van der Waals surface area contributed by atoms with Gasteiger partial charge in [-0.25, -0.2) is 13.6 Å². The third kappa shape index (κ3) is 2.37. The first-order valence-electron chi connectivity index (χ1n) is 3.48. The zero-order valence-corrected chi connectivity index (χ0v) is 9.20. The van der Waals surface area contributed by atoms with Crippen molar-refractivity contribution in [2.75, 3.05) is 0 Å². The van der Waals surface area contributed by atoms with E-state index in [1.54, 1.807) is 0 Å². The second-order valence-corrected chi connectivity index (χ2v) is 4.92. The van der Waals surface area contributed by atoms with Crippen LogP contribution in [0.4, 0.5) is 0 Å². The van der Waals surface area contributed by atoms with Crippen LogP contribution >= 0.6 is 23.2 Å². The van der Waals surface area contributed by atoms with Crippen molar-refractivity contribution in [3.05, 3.63) is 27.7 Å². The molecule has 3 N–H and O–H groups in total. The first-order valence-corrected chi connectivity index (χ1v) is 5.78. The lowest BCUT2D eigenvalue weighted by Gasteiger charge is -2.06. The van der Waals surface area contributed by atoms with Gasteiger partial charge in [0.2, 0.25) is 10.0 Å². The SMILES string of the molecule is NS(=O)(=O)c1cc(Cl)cc(CO)c1Cl. The summed E-state index contributed by atoms with van der Waals surface area (Å²) in [5.41, 5.74) is 0.225. The molecule has 0 atom stereocenters. The van der Waals surface area contributed by atoms with Crippen LogP contribution in [0.15, 0.2) is 17.0 Å². The summed E-state index contributed by atoms with van der Waals surface area (Å²) in [4.78, 5) is -0.282. The number of rotatable bonds is 2. The van der Waals surface area contributed by atoms with Gasteiger partial charge in [0, 0.05) is 5.02 Å². The number of sulfonamides is 1. The third-order valence-corrected chi connectivity index (χ3v) is 3.27.